The molecule has 1 aliphatic rings. The lowest BCUT2D eigenvalue weighted by Crippen LogP contribution is -2.23. The average molecular weight is 266 g/mol. The molecule has 1 aliphatic carbocycles. The van der Waals surface area contributed by atoms with Crippen LogP contribution in [0.5, 0.6) is 0 Å². The number of tetrazole rings is 1. The molecule has 1 heterocycles. The molecule has 2 unspecified atom stereocenters. The van der Waals surface area contributed by atoms with E-state index in [0.717, 1.165) is 18.7 Å². The van der Waals surface area contributed by atoms with Gasteiger partial charge < -0.3 is 5.11 Å². The third kappa shape index (κ3) is 2.77. The van der Waals surface area contributed by atoms with Crippen molar-refractivity contribution in [3.63, 3.8) is 0 Å². The highest BCUT2D eigenvalue weighted by Crippen LogP contribution is 2.48. The molecule has 19 heavy (non-hydrogen) atoms. The number of hydrogen-bond donors (Lipinski definition) is 1. The van der Waals surface area contributed by atoms with Gasteiger partial charge in [0.05, 0.1) is 12.5 Å². The van der Waals surface area contributed by atoms with Crippen molar-refractivity contribution in [2.45, 2.75) is 64.8 Å². The van der Waals surface area contributed by atoms with E-state index in [1.807, 2.05) is 6.92 Å². The number of aliphatic carboxylic acids is 1. The fourth-order valence-corrected chi connectivity index (χ4v) is 3.10. The Morgan fingerprint density at radius 2 is 2.32 bits per heavy atom. The summed E-state index contributed by atoms with van der Waals surface area (Å²) in [5.41, 5.74) is 0.188. The lowest BCUT2D eigenvalue weighted by molar-refractivity contribution is -0.138. The van der Waals surface area contributed by atoms with E-state index in [0.29, 0.717) is 5.92 Å². The molecule has 0 spiro atoms. The third-order valence-electron chi connectivity index (χ3n) is 4.31. The number of nitrogens with zero attached hydrogens (tertiary/aromatic N) is 4. The predicted molar refractivity (Wildman–Crippen MR) is 69.8 cm³/mol. The maximum Gasteiger partial charge on any atom is 0.305 e. The summed E-state index contributed by atoms with van der Waals surface area (Å²) < 4.78 is 1.74. The highest BCUT2D eigenvalue weighted by Gasteiger charge is 2.39. The minimum absolute atomic E-state index is 0.0711. The maximum absolute atomic E-state index is 10.9. The predicted octanol–water partition coefficient (Wildman–Crippen LogP) is 2.39. The molecule has 0 bridgehead atoms. The largest absolute Gasteiger partial charge is 0.481 e. The van der Waals surface area contributed by atoms with Crippen LogP contribution in [0.2, 0.25) is 0 Å². The molecule has 2 atom stereocenters. The Bertz CT molecular complexity index is 455. The van der Waals surface area contributed by atoms with E-state index < -0.39 is 5.97 Å². The number of aromatic nitrogens is 4. The van der Waals surface area contributed by atoms with E-state index in [1.165, 1.54) is 12.8 Å². The van der Waals surface area contributed by atoms with Gasteiger partial charge in [0.2, 0.25) is 0 Å². The van der Waals surface area contributed by atoms with Gasteiger partial charge in [-0.05, 0) is 35.1 Å². The van der Waals surface area contributed by atoms with Crippen LogP contribution in [0.1, 0.15) is 70.7 Å². The zero-order valence-electron chi connectivity index (χ0n) is 11.8. The topological polar surface area (TPSA) is 80.9 Å². The van der Waals surface area contributed by atoms with Crippen molar-refractivity contribution in [2.24, 2.45) is 5.41 Å². The number of carboxylic acids is 1. The Morgan fingerprint density at radius 1 is 1.58 bits per heavy atom. The van der Waals surface area contributed by atoms with E-state index in [9.17, 15) is 4.79 Å². The zero-order chi connectivity index (χ0) is 14.0. The van der Waals surface area contributed by atoms with Gasteiger partial charge in [-0.3, -0.25) is 4.79 Å². The van der Waals surface area contributed by atoms with Crippen molar-refractivity contribution >= 4 is 5.97 Å². The Balaban J connectivity index is 2.28. The summed E-state index contributed by atoms with van der Waals surface area (Å²) in [7, 11) is 0. The molecule has 0 aliphatic heterocycles. The van der Waals surface area contributed by atoms with Crippen LogP contribution in [0.25, 0.3) is 0 Å². The van der Waals surface area contributed by atoms with E-state index in [4.69, 9.17) is 5.11 Å². The quantitative estimate of drug-likeness (QED) is 0.885. The highest BCUT2D eigenvalue weighted by atomic mass is 16.4. The fraction of sp³-hybridized carbons (Fsp3) is 0.846. The maximum atomic E-state index is 10.9. The Kier molecular flexibility index (Phi) is 3.87. The second kappa shape index (κ2) is 5.27. The van der Waals surface area contributed by atoms with Crippen LogP contribution >= 0.6 is 0 Å². The molecule has 2 rings (SSSR count). The summed E-state index contributed by atoms with van der Waals surface area (Å²) in [4.78, 5) is 10.9. The minimum Gasteiger partial charge on any atom is -0.481 e. The van der Waals surface area contributed by atoms with Gasteiger partial charge in [0.1, 0.15) is 0 Å². The molecule has 0 radical (unpaired) electrons. The Morgan fingerprint density at radius 3 is 2.84 bits per heavy atom. The zero-order valence-corrected chi connectivity index (χ0v) is 11.8. The monoisotopic (exact) mass is 266 g/mol. The molecule has 1 aromatic heterocycles. The van der Waals surface area contributed by atoms with Crippen LogP contribution in [0, 0.1) is 5.41 Å². The standard InChI is InChI=1S/C13H22N4O2/c1-4-9(8-11(18)19)17-12(14-15-16-17)10-6-5-7-13(10,2)3/h9-10H,4-8H2,1-3H3,(H,18,19). The number of carbonyl (C=O) groups is 1. The fourth-order valence-electron chi connectivity index (χ4n) is 3.10. The molecule has 1 fully saturated rings. The molecule has 6 nitrogen and oxygen atoms in total. The molecule has 1 N–H and O–H groups in total. The van der Waals surface area contributed by atoms with Crippen molar-refractivity contribution in [3.8, 4) is 0 Å². The van der Waals surface area contributed by atoms with Crippen molar-refractivity contribution in [1.29, 1.82) is 0 Å². The lowest BCUT2D eigenvalue weighted by Gasteiger charge is -2.27. The summed E-state index contributed by atoms with van der Waals surface area (Å²) in [5, 5.41) is 21.0. The first kappa shape index (κ1) is 14.0. The normalized spacial score (nSPS) is 23.4. The second-order valence-corrected chi connectivity index (χ2v) is 6.07. The lowest BCUT2D eigenvalue weighted by atomic mass is 9.81. The van der Waals surface area contributed by atoms with Gasteiger partial charge >= 0.3 is 5.97 Å². The molecule has 1 saturated carbocycles. The van der Waals surface area contributed by atoms with E-state index in [2.05, 4.69) is 29.4 Å². The van der Waals surface area contributed by atoms with Crippen molar-refractivity contribution in [2.75, 3.05) is 0 Å². The summed E-state index contributed by atoms with van der Waals surface area (Å²) in [6.07, 6.45) is 4.22. The molecular formula is C13H22N4O2. The highest BCUT2D eigenvalue weighted by molar-refractivity contribution is 5.67. The summed E-state index contributed by atoms with van der Waals surface area (Å²) >= 11 is 0. The first-order valence-electron chi connectivity index (χ1n) is 6.95. The molecule has 106 valence electrons. The van der Waals surface area contributed by atoms with Crippen LogP contribution < -0.4 is 0 Å². The van der Waals surface area contributed by atoms with Crippen LogP contribution in [-0.4, -0.2) is 31.3 Å². The van der Waals surface area contributed by atoms with Crippen molar-refractivity contribution < 1.29 is 9.90 Å². The van der Waals surface area contributed by atoms with Gasteiger partial charge in [-0.1, -0.05) is 27.2 Å². The van der Waals surface area contributed by atoms with Gasteiger partial charge in [0.15, 0.2) is 5.82 Å². The SMILES string of the molecule is CCC(CC(=O)O)n1nnnc1C1CCCC1(C)C. The molecule has 0 aromatic carbocycles. The molecule has 6 heteroatoms. The first-order valence-corrected chi connectivity index (χ1v) is 6.95. The number of carboxylic acid groups (broad SMARTS) is 1. The second-order valence-electron chi connectivity index (χ2n) is 6.07. The Hall–Kier alpha value is -1.46. The van der Waals surface area contributed by atoms with Gasteiger partial charge in [0, 0.05) is 5.92 Å². The van der Waals surface area contributed by atoms with E-state index >= 15 is 0 Å². The van der Waals surface area contributed by atoms with E-state index in [-0.39, 0.29) is 17.9 Å². The van der Waals surface area contributed by atoms with Crippen LogP contribution in [0.15, 0.2) is 0 Å². The van der Waals surface area contributed by atoms with Crippen molar-refractivity contribution in [3.05, 3.63) is 5.82 Å². The number of rotatable bonds is 5. The van der Waals surface area contributed by atoms with Gasteiger partial charge in [-0.25, -0.2) is 4.68 Å². The smallest absolute Gasteiger partial charge is 0.305 e. The van der Waals surface area contributed by atoms with Crippen LogP contribution in [0.4, 0.5) is 0 Å². The summed E-state index contributed by atoms with van der Waals surface area (Å²) in [6.45, 7) is 6.45. The van der Waals surface area contributed by atoms with Gasteiger partial charge in [-0.2, -0.15) is 0 Å². The molecule has 0 amide bonds. The molecular weight excluding hydrogens is 244 g/mol. The third-order valence-corrected chi connectivity index (χ3v) is 4.31. The van der Waals surface area contributed by atoms with Gasteiger partial charge in [0.25, 0.3) is 0 Å². The van der Waals surface area contributed by atoms with Gasteiger partial charge in [-0.15, -0.1) is 5.10 Å². The average Bonchev–Trinajstić information content (AvgIpc) is 2.91. The van der Waals surface area contributed by atoms with Crippen molar-refractivity contribution in [1.82, 2.24) is 20.2 Å². The molecule has 0 saturated heterocycles. The number of hydrogen-bond acceptors (Lipinski definition) is 4. The summed E-state index contributed by atoms with van der Waals surface area (Å²) in [5.74, 6) is 0.375. The summed E-state index contributed by atoms with van der Waals surface area (Å²) in [6, 6.07) is -0.154. The van der Waals surface area contributed by atoms with Crippen LogP contribution in [-0.2, 0) is 4.79 Å². The van der Waals surface area contributed by atoms with E-state index in [1.54, 1.807) is 4.68 Å². The Labute approximate surface area is 113 Å². The molecule has 1 aromatic rings. The van der Waals surface area contributed by atoms with Crippen LogP contribution in [0.3, 0.4) is 0 Å². The minimum atomic E-state index is -0.806. The first-order chi connectivity index (χ1) is 8.95.